The summed E-state index contributed by atoms with van der Waals surface area (Å²) >= 11 is 0. The van der Waals surface area contributed by atoms with E-state index in [0.717, 1.165) is 12.8 Å². The minimum atomic E-state index is 0.249. The van der Waals surface area contributed by atoms with Crippen molar-refractivity contribution in [3.8, 4) is 0 Å². The van der Waals surface area contributed by atoms with E-state index in [1.165, 1.54) is 5.57 Å². The van der Waals surface area contributed by atoms with E-state index in [0.29, 0.717) is 5.92 Å². The molecular weight excluding hydrogens is 136 g/mol. The van der Waals surface area contributed by atoms with Crippen LogP contribution in [0.5, 0.6) is 0 Å². The zero-order chi connectivity index (χ0) is 8.69. The van der Waals surface area contributed by atoms with Gasteiger partial charge in [0.25, 0.3) is 0 Å². The molecule has 0 aliphatic carbocycles. The van der Waals surface area contributed by atoms with Crippen LogP contribution in [0.4, 0.5) is 0 Å². The molecule has 0 aliphatic rings. The van der Waals surface area contributed by atoms with Gasteiger partial charge < -0.3 is 5.11 Å². The molecule has 64 valence electrons. The summed E-state index contributed by atoms with van der Waals surface area (Å²) in [6, 6.07) is 0. The Hall–Kier alpha value is -0.560. The smallest absolute Gasteiger partial charge is 0.0494 e. The summed E-state index contributed by atoms with van der Waals surface area (Å²) in [6.45, 7) is 8.00. The molecule has 0 aromatic rings. The van der Waals surface area contributed by atoms with Crippen molar-refractivity contribution in [1.82, 2.24) is 0 Å². The monoisotopic (exact) mass is 154 g/mol. The summed E-state index contributed by atoms with van der Waals surface area (Å²) in [7, 11) is 0. The summed E-state index contributed by atoms with van der Waals surface area (Å²) < 4.78 is 0. The molecule has 11 heavy (non-hydrogen) atoms. The Labute approximate surface area is 69.4 Å². The van der Waals surface area contributed by atoms with E-state index in [1.54, 1.807) is 0 Å². The molecule has 0 rings (SSSR count). The maximum absolute atomic E-state index is 8.92. The zero-order valence-corrected chi connectivity index (χ0v) is 7.51. The molecule has 0 spiro atoms. The first kappa shape index (κ1) is 10.4. The first-order valence-electron chi connectivity index (χ1n) is 4.07. The Morgan fingerprint density at radius 3 is 2.55 bits per heavy atom. The van der Waals surface area contributed by atoms with E-state index in [-0.39, 0.29) is 6.61 Å². The van der Waals surface area contributed by atoms with Crippen LogP contribution in [0, 0.1) is 5.92 Å². The van der Waals surface area contributed by atoms with Crippen molar-refractivity contribution < 1.29 is 5.11 Å². The molecule has 1 N–H and O–H groups in total. The van der Waals surface area contributed by atoms with Gasteiger partial charge in [-0.25, -0.2) is 0 Å². The minimum Gasteiger partial charge on any atom is -0.396 e. The lowest BCUT2D eigenvalue weighted by Gasteiger charge is -2.07. The van der Waals surface area contributed by atoms with Gasteiger partial charge in [0.15, 0.2) is 0 Å². The van der Waals surface area contributed by atoms with E-state index >= 15 is 0 Å². The Kier molecular flexibility index (Phi) is 5.86. The maximum Gasteiger partial charge on any atom is 0.0494 e. The molecule has 1 nitrogen and oxygen atoms in total. The molecule has 0 radical (unpaired) electrons. The van der Waals surface area contributed by atoms with Crippen LogP contribution in [0.1, 0.15) is 26.7 Å². The molecule has 1 heteroatoms. The fourth-order valence-electron chi connectivity index (χ4n) is 1.03. The van der Waals surface area contributed by atoms with Crippen LogP contribution in [-0.4, -0.2) is 11.7 Å². The first-order valence-corrected chi connectivity index (χ1v) is 4.07. The van der Waals surface area contributed by atoms with Gasteiger partial charge in [0.05, 0.1) is 0 Å². The van der Waals surface area contributed by atoms with Gasteiger partial charge in [-0.3, -0.25) is 0 Å². The highest BCUT2D eigenvalue weighted by Crippen LogP contribution is 2.09. The second-order valence-electron chi connectivity index (χ2n) is 3.05. The van der Waals surface area contributed by atoms with Crippen molar-refractivity contribution in [1.29, 1.82) is 0 Å². The van der Waals surface area contributed by atoms with E-state index in [4.69, 9.17) is 5.11 Å². The molecular formula is C10H18O. The van der Waals surface area contributed by atoms with Gasteiger partial charge >= 0.3 is 0 Å². The van der Waals surface area contributed by atoms with Crippen molar-refractivity contribution >= 4 is 0 Å². The van der Waals surface area contributed by atoms with E-state index < -0.39 is 0 Å². The van der Waals surface area contributed by atoms with Gasteiger partial charge in [-0.1, -0.05) is 17.7 Å². The number of aliphatic hydroxyl groups is 1. The summed E-state index contributed by atoms with van der Waals surface area (Å²) in [6.07, 6.45) is 5.99. The normalized spacial score (nSPS) is 12.3. The van der Waals surface area contributed by atoms with Crippen LogP contribution in [0.3, 0.4) is 0 Å². The summed E-state index contributed by atoms with van der Waals surface area (Å²) in [4.78, 5) is 0. The SMILES string of the molecule is C=CCCC(C=C(C)C)CO. The fraction of sp³-hybridized carbons (Fsp3) is 0.600. The number of hydrogen-bond acceptors (Lipinski definition) is 1. The van der Waals surface area contributed by atoms with Gasteiger partial charge in [0.1, 0.15) is 0 Å². The highest BCUT2D eigenvalue weighted by molar-refractivity contribution is 4.97. The third-order valence-corrected chi connectivity index (χ3v) is 1.55. The molecule has 0 saturated heterocycles. The average molecular weight is 154 g/mol. The standard InChI is InChI=1S/C10H18O/c1-4-5-6-10(8-11)7-9(2)3/h4,7,10-11H,1,5-6,8H2,2-3H3. The predicted molar refractivity (Wildman–Crippen MR) is 49.4 cm³/mol. The zero-order valence-electron chi connectivity index (χ0n) is 7.51. The summed E-state index contributed by atoms with van der Waals surface area (Å²) in [5.74, 6) is 0.318. The van der Waals surface area contributed by atoms with Crippen molar-refractivity contribution in [3.05, 3.63) is 24.3 Å². The predicted octanol–water partition coefficient (Wildman–Crippen LogP) is 2.53. The molecule has 1 unspecified atom stereocenters. The first-order chi connectivity index (χ1) is 5.20. The lowest BCUT2D eigenvalue weighted by Crippen LogP contribution is -2.02. The topological polar surface area (TPSA) is 20.2 Å². The van der Waals surface area contributed by atoms with Gasteiger partial charge in [-0.05, 0) is 26.7 Å². The molecule has 0 aromatic carbocycles. The average Bonchev–Trinajstić information content (AvgIpc) is 1.97. The van der Waals surface area contributed by atoms with Gasteiger partial charge in [-0.2, -0.15) is 0 Å². The van der Waals surface area contributed by atoms with E-state index in [1.807, 2.05) is 6.08 Å². The molecule has 0 aromatic heterocycles. The van der Waals surface area contributed by atoms with Gasteiger partial charge in [0.2, 0.25) is 0 Å². The highest BCUT2D eigenvalue weighted by atomic mass is 16.3. The number of aliphatic hydroxyl groups excluding tert-OH is 1. The van der Waals surface area contributed by atoms with E-state index in [9.17, 15) is 0 Å². The lowest BCUT2D eigenvalue weighted by molar-refractivity contribution is 0.246. The second-order valence-corrected chi connectivity index (χ2v) is 3.05. The van der Waals surface area contributed by atoms with Crippen LogP contribution in [-0.2, 0) is 0 Å². The van der Waals surface area contributed by atoms with Crippen LogP contribution >= 0.6 is 0 Å². The maximum atomic E-state index is 8.92. The van der Waals surface area contributed by atoms with Gasteiger partial charge in [-0.15, -0.1) is 6.58 Å². The van der Waals surface area contributed by atoms with Crippen LogP contribution in [0.25, 0.3) is 0 Å². The highest BCUT2D eigenvalue weighted by Gasteiger charge is 2.00. The summed E-state index contributed by atoms with van der Waals surface area (Å²) in [5.41, 5.74) is 1.27. The van der Waals surface area contributed by atoms with Crippen LogP contribution in [0.15, 0.2) is 24.3 Å². The molecule has 0 heterocycles. The van der Waals surface area contributed by atoms with Crippen molar-refractivity contribution in [2.45, 2.75) is 26.7 Å². The van der Waals surface area contributed by atoms with Crippen LogP contribution < -0.4 is 0 Å². The second kappa shape index (κ2) is 6.17. The number of rotatable bonds is 5. The van der Waals surface area contributed by atoms with E-state index in [2.05, 4.69) is 26.5 Å². The van der Waals surface area contributed by atoms with Crippen molar-refractivity contribution in [2.75, 3.05) is 6.61 Å². The Morgan fingerprint density at radius 2 is 2.18 bits per heavy atom. The molecule has 0 amide bonds. The third-order valence-electron chi connectivity index (χ3n) is 1.55. The number of allylic oxidation sites excluding steroid dienone is 2. The molecule has 1 atom stereocenters. The third kappa shape index (κ3) is 5.86. The van der Waals surface area contributed by atoms with Crippen molar-refractivity contribution in [2.24, 2.45) is 5.92 Å². The number of hydrogen-bond donors (Lipinski definition) is 1. The van der Waals surface area contributed by atoms with Crippen LogP contribution in [0.2, 0.25) is 0 Å². The largest absolute Gasteiger partial charge is 0.396 e. The molecule has 0 aliphatic heterocycles. The lowest BCUT2D eigenvalue weighted by atomic mass is 10.0. The molecule has 0 bridgehead atoms. The molecule has 0 fully saturated rings. The van der Waals surface area contributed by atoms with Crippen molar-refractivity contribution in [3.63, 3.8) is 0 Å². The Bertz CT molecular complexity index is 132. The Morgan fingerprint density at radius 1 is 1.55 bits per heavy atom. The fourth-order valence-corrected chi connectivity index (χ4v) is 1.03. The van der Waals surface area contributed by atoms with Gasteiger partial charge in [0, 0.05) is 12.5 Å². The Balaban J connectivity index is 3.75. The molecule has 0 saturated carbocycles. The minimum absolute atomic E-state index is 0.249. The summed E-state index contributed by atoms with van der Waals surface area (Å²) in [5, 5.41) is 8.92. The quantitative estimate of drug-likeness (QED) is 0.603.